The van der Waals surface area contributed by atoms with Crippen LogP contribution in [0.2, 0.25) is 0 Å². The molecule has 104 valence electrons. The summed E-state index contributed by atoms with van der Waals surface area (Å²) in [5.74, 6) is 0.806. The standard InChI is InChI=1S/C13H18N2O4/c1-3-4-5-6-19-13-8-11(15(16)17)10(9-14)7-12(13)18-2/h3,7-8H,1,4-6,9,14H2,2H3. The Morgan fingerprint density at radius 3 is 2.74 bits per heavy atom. The van der Waals surface area contributed by atoms with Gasteiger partial charge in [0.2, 0.25) is 0 Å². The van der Waals surface area contributed by atoms with Crippen molar-refractivity contribution in [2.45, 2.75) is 19.4 Å². The molecule has 0 amide bonds. The summed E-state index contributed by atoms with van der Waals surface area (Å²) in [6.07, 6.45) is 3.41. The van der Waals surface area contributed by atoms with Gasteiger partial charge >= 0.3 is 0 Å². The lowest BCUT2D eigenvalue weighted by Crippen LogP contribution is -2.05. The number of ether oxygens (including phenoxy) is 2. The molecule has 0 unspecified atom stereocenters. The zero-order chi connectivity index (χ0) is 14.3. The Bertz CT molecular complexity index is 460. The van der Waals surface area contributed by atoms with Crippen molar-refractivity contribution in [2.75, 3.05) is 13.7 Å². The monoisotopic (exact) mass is 266 g/mol. The molecule has 0 spiro atoms. The fourth-order valence-corrected chi connectivity index (χ4v) is 1.61. The molecule has 0 bridgehead atoms. The molecule has 2 N–H and O–H groups in total. The van der Waals surface area contributed by atoms with E-state index in [9.17, 15) is 10.1 Å². The first-order valence-corrected chi connectivity index (χ1v) is 5.93. The molecular weight excluding hydrogens is 248 g/mol. The van der Waals surface area contributed by atoms with Crippen molar-refractivity contribution < 1.29 is 14.4 Å². The predicted octanol–water partition coefficient (Wildman–Crippen LogP) is 2.41. The average Bonchev–Trinajstić information content (AvgIpc) is 2.42. The van der Waals surface area contributed by atoms with Crippen LogP contribution in [0, 0.1) is 10.1 Å². The minimum absolute atomic E-state index is 0.0537. The van der Waals surface area contributed by atoms with Gasteiger partial charge in [-0.3, -0.25) is 10.1 Å². The summed E-state index contributed by atoms with van der Waals surface area (Å²) in [6, 6.07) is 2.90. The van der Waals surface area contributed by atoms with E-state index in [0.29, 0.717) is 23.7 Å². The second-order valence-corrected chi connectivity index (χ2v) is 3.87. The number of unbranched alkanes of at least 4 members (excludes halogenated alkanes) is 1. The van der Waals surface area contributed by atoms with Crippen molar-refractivity contribution in [2.24, 2.45) is 5.73 Å². The van der Waals surface area contributed by atoms with E-state index in [1.54, 1.807) is 12.1 Å². The summed E-state index contributed by atoms with van der Waals surface area (Å²) < 4.78 is 10.7. The normalized spacial score (nSPS) is 10.0. The summed E-state index contributed by atoms with van der Waals surface area (Å²) in [4.78, 5) is 10.5. The van der Waals surface area contributed by atoms with E-state index in [2.05, 4.69) is 6.58 Å². The van der Waals surface area contributed by atoms with Crippen molar-refractivity contribution in [3.05, 3.63) is 40.5 Å². The number of hydrogen-bond acceptors (Lipinski definition) is 5. The lowest BCUT2D eigenvalue weighted by Gasteiger charge is -2.12. The topological polar surface area (TPSA) is 87.6 Å². The SMILES string of the molecule is C=CCCCOc1cc([N+](=O)[O-])c(CN)cc1OC. The first-order chi connectivity index (χ1) is 9.13. The third-order valence-electron chi connectivity index (χ3n) is 2.59. The van der Waals surface area contributed by atoms with Crippen molar-refractivity contribution in [3.63, 3.8) is 0 Å². The molecule has 0 heterocycles. The molecule has 1 rings (SSSR count). The Hall–Kier alpha value is -2.08. The van der Waals surface area contributed by atoms with E-state index in [0.717, 1.165) is 12.8 Å². The molecular formula is C13H18N2O4. The molecule has 6 nitrogen and oxygen atoms in total. The molecule has 0 atom stereocenters. The summed E-state index contributed by atoms with van der Waals surface area (Å²) in [6.45, 7) is 4.13. The predicted molar refractivity (Wildman–Crippen MR) is 72.5 cm³/mol. The van der Waals surface area contributed by atoms with Crippen LogP contribution in [-0.2, 0) is 6.54 Å². The van der Waals surface area contributed by atoms with E-state index in [4.69, 9.17) is 15.2 Å². The molecule has 0 radical (unpaired) electrons. The Balaban J connectivity index is 2.97. The molecule has 0 aliphatic carbocycles. The van der Waals surface area contributed by atoms with Gasteiger partial charge in [-0.15, -0.1) is 6.58 Å². The van der Waals surface area contributed by atoms with Gasteiger partial charge in [0.1, 0.15) is 0 Å². The van der Waals surface area contributed by atoms with Crippen LogP contribution in [0.15, 0.2) is 24.8 Å². The Labute approximate surface area is 112 Å². The van der Waals surface area contributed by atoms with Crippen LogP contribution >= 0.6 is 0 Å². The number of nitrogens with two attached hydrogens (primary N) is 1. The molecule has 1 aromatic rings. The first-order valence-electron chi connectivity index (χ1n) is 5.93. The Morgan fingerprint density at radius 1 is 1.47 bits per heavy atom. The van der Waals surface area contributed by atoms with Crippen LogP contribution in [0.1, 0.15) is 18.4 Å². The second kappa shape index (κ2) is 7.38. The molecule has 0 saturated carbocycles. The van der Waals surface area contributed by atoms with Crippen LogP contribution in [-0.4, -0.2) is 18.6 Å². The molecule has 0 aliphatic rings. The third-order valence-corrected chi connectivity index (χ3v) is 2.59. The molecule has 0 saturated heterocycles. The summed E-state index contributed by atoms with van der Waals surface area (Å²) in [5.41, 5.74) is 5.85. The lowest BCUT2D eigenvalue weighted by atomic mass is 10.1. The number of hydrogen-bond donors (Lipinski definition) is 1. The van der Waals surface area contributed by atoms with Gasteiger partial charge in [-0.2, -0.15) is 0 Å². The van der Waals surface area contributed by atoms with E-state index in [1.807, 2.05) is 0 Å². The fourth-order valence-electron chi connectivity index (χ4n) is 1.61. The zero-order valence-corrected chi connectivity index (χ0v) is 10.9. The zero-order valence-electron chi connectivity index (χ0n) is 10.9. The summed E-state index contributed by atoms with van der Waals surface area (Å²) >= 11 is 0. The molecule has 19 heavy (non-hydrogen) atoms. The van der Waals surface area contributed by atoms with Gasteiger partial charge in [-0.25, -0.2) is 0 Å². The smallest absolute Gasteiger partial charge is 0.277 e. The van der Waals surface area contributed by atoms with Crippen LogP contribution in [0.25, 0.3) is 0 Å². The second-order valence-electron chi connectivity index (χ2n) is 3.87. The molecule has 6 heteroatoms. The highest BCUT2D eigenvalue weighted by molar-refractivity contribution is 5.54. The van der Waals surface area contributed by atoms with E-state index >= 15 is 0 Å². The van der Waals surface area contributed by atoms with Gasteiger partial charge in [-0.05, 0) is 18.9 Å². The Kier molecular flexibility index (Phi) is 5.81. The number of allylic oxidation sites excluding steroid dienone is 1. The van der Waals surface area contributed by atoms with Crippen molar-refractivity contribution in [3.8, 4) is 11.5 Å². The highest BCUT2D eigenvalue weighted by atomic mass is 16.6. The maximum atomic E-state index is 10.9. The van der Waals surface area contributed by atoms with Crippen LogP contribution < -0.4 is 15.2 Å². The minimum Gasteiger partial charge on any atom is -0.493 e. The fraction of sp³-hybridized carbons (Fsp3) is 0.385. The number of methoxy groups -OCH3 is 1. The van der Waals surface area contributed by atoms with Crippen molar-refractivity contribution in [1.82, 2.24) is 0 Å². The number of rotatable bonds is 8. The molecule has 0 fully saturated rings. The molecule has 0 aromatic heterocycles. The third kappa shape index (κ3) is 3.96. The highest BCUT2D eigenvalue weighted by Gasteiger charge is 2.18. The van der Waals surface area contributed by atoms with Gasteiger partial charge in [0.25, 0.3) is 5.69 Å². The Morgan fingerprint density at radius 2 is 2.21 bits per heavy atom. The van der Waals surface area contributed by atoms with Gasteiger partial charge in [0, 0.05) is 12.1 Å². The summed E-state index contributed by atoms with van der Waals surface area (Å²) in [5, 5.41) is 10.9. The highest BCUT2D eigenvalue weighted by Crippen LogP contribution is 2.34. The largest absolute Gasteiger partial charge is 0.493 e. The number of benzene rings is 1. The quantitative estimate of drug-likeness (QED) is 0.338. The number of nitro groups is 1. The van der Waals surface area contributed by atoms with Crippen LogP contribution in [0.3, 0.4) is 0 Å². The minimum atomic E-state index is -0.474. The van der Waals surface area contributed by atoms with Gasteiger partial charge in [-0.1, -0.05) is 6.08 Å². The number of nitro benzene ring substituents is 1. The van der Waals surface area contributed by atoms with E-state index in [-0.39, 0.29) is 12.2 Å². The first kappa shape index (κ1) is 15.0. The van der Waals surface area contributed by atoms with Crippen molar-refractivity contribution in [1.29, 1.82) is 0 Å². The number of nitrogens with zero attached hydrogens (tertiary/aromatic N) is 1. The van der Waals surface area contributed by atoms with E-state index < -0.39 is 4.92 Å². The van der Waals surface area contributed by atoms with Gasteiger partial charge < -0.3 is 15.2 Å². The maximum Gasteiger partial charge on any atom is 0.277 e. The average molecular weight is 266 g/mol. The van der Waals surface area contributed by atoms with Crippen LogP contribution in [0.5, 0.6) is 11.5 Å². The van der Waals surface area contributed by atoms with Crippen molar-refractivity contribution >= 4 is 5.69 Å². The van der Waals surface area contributed by atoms with E-state index in [1.165, 1.54) is 13.2 Å². The molecule has 1 aromatic carbocycles. The van der Waals surface area contributed by atoms with Gasteiger partial charge in [0.05, 0.1) is 24.7 Å². The van der Waals surface area contributed by atoms with Crippen LogP contribution in [0.4, 0.5) is 5.69 Å². The lowest BCUT2D eigenvalue weighted by molar-refractivity contribution is -0.385. The van der Waals surface area contributed by atoms with Gasteiger partial charge in [0.15, 0.2) is 11.5 Å². The molecule has 0 aliphatic heterocycles. The summed E-state index contributed by atoms with van der Waals surface area (Å²) in [7, 11) is 1.48. The maximum absolute atomic E-state index is 10.9.